The van der Waals surface area contributed by atoms with E-state index in [-0.39, 0.29) is 24.0 Å². The van der Waals surface area contributed by atoms with Crippen molar-refractivity contribution < 1.29 is 4.74 Å². The zero-order chi connectivity index (χ0) is 17.2. The third-order valence-electron chi connectivity index (χ3n) is 3.88. The Morgan fingerprint density at radius 2 is 1.76 bits per heavy atom. The van der Waals surface area contributed by atoms with E-state index < -0.39 is 0 Å². The van der Waals surface area contributed by atoms with Crippen molar-refractivity contribution in [2.75, 3.05) is 20.2 Å². The number of hydrogen-bond donors (Lipinski definition) is 2. The molecule has 2 aromatic carbocycles. The van der Waals surface area contributed by atoms with E-state index in [2.05, 4.69) is 65.9 Å². The summed E-state index contributed by atoms with van der Waals surface area (Å²) in [6, 6.07) is 16.5. The Kier molecular flexibility index (Phi) is 9.99. The fourth-order valence-corrected chi connectivity index (χ4v) is 2.41. The Hall–Kier alpha value is -1.76. The van der Waals surface area contributed by atoms with Gasteiger partial charge in [-0.15, -0.1) is 24.0 Å². The second-order valence-corrected chi connectivity index (χ2v) is 5.65. The molecule has 0 heterocycles. The first-order chi connectivity index (χ1) is 11.7. The van der Waals surface area contributed by atoms with Gasteiger partial charge in [0.25, 0.3) is 0 Å². The molecule has 0 saturated carbocycles. The van der Waals surface area contributed by atoms with Crippen LogP contribution in [0.25, 0.3) is 0 Å². The number of aliphatic imine (C=N–C) groups is 1. The van der Waals surface area contributed by atoms with Gasteiger partial charge in [0.05, 0.1) is 13.7 Å². The van der Waals surface area contributed by atoms with Crippen LogP contribution in [0.1, 0.15) is 23.6 Å². The van der Waals surface area contributed by atoms with Crippen molar-refractivity contribution in [1.29, 1.82) is 0 Å². The molecule has 0 aliphatic rings. The van der Waals surface area contributed by atoms with Crippen molar-refractivity contribution in [2.24, 2.45) is 4.99 Å². The summed E-state index contributed by atoms with van der Waals surface area (Å²) in [4.78, 5) is 4.68. The normalized spacial score (nSPS) is 10.8. The van der Waals surface area contributed by atoms with Crippen molar-refractivity contribution in [1.82, 2.24) is 10.6 Å². The van der Waals surface area contributed by atoms with E-state index in [0.717, 1.165) is 31.2 Å². The van der Waals surface area contributed by atoms with Crippen LogP contribution in [0.5, 0.6) is 5.75 Å². The maximum absolute atomic E-state index is 5.18. The smallest absolute Gasteiger partial charge is 0.191 e. The number of ether oxygens (including phenoxy) is 1. The highest BCUT2D eigenvalue weighted by molar-refractivity contribution is 14.0. The summed E-state index contributed by atoms with van der Waals surface area (Å²) in [5.74, 6) is 1.74. The second kappa shape index (κ2) is 11.7. The lowest BCUT2D eigenvalue weighted by atomic mass is 10.1. The summed E-state index contributed by atoms with van der Waals surface area (Å²) in [7, 11) is 1.68. The number of nitrogens with one attached hydrogen (secondary N) is 2. The number of rotatable bonds is 7. The van der Waals surface area contributed by atoms with Gasteiger partial charge in [-0.05, 0) is 49.1 Å². The zero-order valence-electron chi connectivity index (χ0n) is 15.2. The Bertz CT molecular complexity index is 656. The average molecular weight is 453 g/mol. The van der Waals surface area contributed by atoms with Crippen LogP contribution >= 0.6 is 24.0 Å². The summed E-state index contributed by atoms with van der Waals surface area (Å²) < 4.78 is 5.18. The second-order valence-electron chi connectivity index (χ2n) is 5.65. The van der Waals surface area contributed by atoms with E-state index >= 15 is 0 Å². The molecule has 0 amide bonds. The molecule has 2 rings (SSSR count). The standard InChI is InChI=1S/C20H27N3O.HI/c1-4-21-20(23-15-18-8-6-5-7-16(18)2)22-14-13-17-9-11-19(24-3)12-10-17;/h5-12H,4,13-15H2,1-3H3,(H2,21,22,23);1H. The first-order valence-corrected chi connectivity index (χ1v) is 8.42. The molecule has 2 aromatic rings. The maximum atomic E-state index is 5.18. The topological polar surface area (TPSA) is 45.7 Å². The third-order valence-corrected chi connectivity index (χ3v) is 3.88. The number of benzene rings is 2. The molecule has 0 radical (unpaired) electrons. The quantitative estimate of drug-likeness (QED) is 0.380. The molecule has 0 spiro atoms. The number of aryl methyl sites for hydroxylation is 1. The van der Waals surface area contributed by atoms with Crippen LogP contribution in [0, 0.1) is 6.92 Å². The van der Waals surface area contributed by atoms with Gasteiger partial charge >= 0.3 is 0 Å². The van der Waals surface area contributed by atoms with Crippen molar-refractivity contribution in [3.63, 3.8) is 0 Å². The Labute approximate surface area is 168 Å². The fourth-order valence-electron chi connectivity index (χ4n) is 2.41. The largest absolute Gasteiger partial charge is 0.497 e. The molecule has 5 heteroatoms. The molecule has 0 bridgehead atoms. The molecule has 0 aromatic heterocycles. The van der Waals surface area contributed by atoms with Crippen LogP contribution in [0.2, 0.25) is 0 Å². The number of methoxy groups -OCH3 is 1. The summed E-state index contributed by atoms with van der Waals surface area (Å²) in [5.41, 5.74) is 3.80. The minimum absolute atomic E-state index is 0. The summed E-state index contributed by atoms with van der Waals surface area (Å²) in [6.07, 6.45) is 0.943. The molecule has 0 aliphatic heterocycles. The van der Waals surface area contributed by atoms with Gasteiger partial charge in [0, 0.05) is 13.1 Å². The van der Waals surface area contributed by atoms with Gasteiger partial charge in [-0.2, -0.15) is 0 Å². The predicted octanol–water partition coefficient (Wildman–Crippen LogP) is 3.92. The van der Waals surface area contributed by atoms with E-state index in [0.29, 0.717) is 6.54 Å². The third kappa shape index (κ3) is 7.34. The lowest BCUT2D eigenvalue weighted by Crippen LogP contribution is -2.38. The number of hydrogen-bond acceptors (Lipinski definition) is 2. The molecule has 2 N–H and O–H groups in total. The molecule has 4 nitrogen and oxygen atoms in total. The molecule has 0 aliphatic carbocycles. The molecule has 0 unspecified atom stereocenters. The van der Waals surface area contributed by atoms with Crippen LogP contribution < -0.4 is 15.4 Å². The van der Waals surface area contributed by atoms with E-state index in [1.54, 1.807) is 7.11 Å². The van der Waals surface area contributed by atoms with Crippen molar-refractivity contribution in [2.45, 2.75) is 26.8 Å². The van der Waals surface area contributed by atoms with Gasteiger partial charge in [-0.3, -0.25) is 0 Å². The first kappa shape index (κ1) is 21.3. The number of guanidine groups is 1. The SMILES string of the molecule is CCNC(=NCc1ccccc1C)NCCc1ccc(OC)cc1.I. The maximum Gasteiger partial charge on any atom is 0.191 e. The van der Waals surface area contributed by atoms with Gasteiger partial charge in [0.15, 0.2) is 5.96 Å². The molecular weight excluding hydrogens is 425 g/mol. The molecule has 0 atom stereocenters. The Balaban J connectivity index is 0.00000312. The molecular formula is C20H28IN3O. The van der Waals surface area contributed by atoms with E-state index in [9.17, 15) is 0 Å². The van der Waals surface area contributed by atoms with Gasteiger partial charge in [0.1, 0.15) is 5.75 Å². The number of nitrogens with zero attached hydrogens (tertiary/aromatic N) is 1. The highest BCUT2D eigenvalue weighted by Crippen LogP contribution is 2.11. The van der Waals surface area contributed by atoms with E-state index in [1.165, 1.54) is 16.7 Å². The van der Waals surface area contributed by atoms with Crippen molar-refractivity contribution in [3.05, 3.63) is 65.2 Å². The fraction of sp³-hybridized carbons (Fsp3) is 0.350. The van der Waals surface area contributed by atoms with Crippen LogP contribution in [-0.4, -0.2) is 26.2 Å². The van der Waals surface area contributed by atoms with Crippen LogP contribution in [0.15, 0.2) is 53.5 Å². The average Bonchev–Trinajstić information content (AvgIpc) is 2.61. The van der Waals surface area contributed by atoms with Gasteiger partial charge < -0.3 is 15.4 Å². The van der Waals surface area contributed by atoms with Crippen molar-refractivity contribution >= 4 is 29.9 Å². The molecule has 25 heavy (non-hydrogen) atoms. The van der Waals surface area contributed by atoms with E-state index in [4.69, 9.17) is 4.74 Å². The number of halogens is 1. The highest BCUT2D eigenvalue weighted by atomic mass is 127. The van der Waals surface area contributed by atoms with Crippen LogP contribution in [-0.2, 0) is 13.0 Å². The Morgan fingerprint density at radius 3 is 2.40 bits per heavy atom. The minimum atomic E-state index is 0. The van der Waals surface area contributed by atoms with E-state index in [1.807, 2.05) is 12.1 Å². The van der Waals surface area contributed by atoms with Crippen LogP contribution in [0.4, 0.5) is 0 Å². The summed E-state index contributed by atoms with van der Waals surface area (Å²) in [6.45, 7) is 6.57. The summed E-state index contributed by atoms with van der Waals surface area (Å²) in [5, 5.41) is 6.69. The minimum Gasteiger partial charge on any atom is -0.497 e. The Morgan fingerprint density at radius 1 is 1.04 bits per heavy atom. The lowest BCUT2D eigenvalue weighted by molar-refractivity contribution is 0.414. The lowest BCUT2D eigenvalue weighted by Gasteiger charge is -2.12. The zero-order valence-corrected chi connectivity index (χ0v) is 17.5. The van der Waals surface area contributed by atoms with Crippen LogP contribution in [0.3, 0.4) is 0 Å². The highest BCUT2D eigenvalue weighted by Gasteiger charge is 2.00. The summed E-state index contributed by atoms with van der Waals surface area (Å²) >= 11 is 0. The molecule has 136 valence electrons. The van der Waals surface area contributed by atoms with Gasteiger partial charge in [-0.1, -0.05) is 36.4 Å². The molecule has 0 saturated heterocycles. The van der Waals surface area contributed by atoms with Gasteiger partial charge in [0.2, 0.25) is 0 Å². The van der Waals surface area contributed by atoms with Crippen molar-refractivity contribution in [3.8, 4) is 5.75 Å². The monoisotopic (exact) mass is 453 g/mol. The van der Waals surface area contributed by atoms with Gasteiger partial charge in [-0.25, -0.2) is 4.99 Å². The first-order valence-electron chi connectivity index (χ1n) is 8.42. The predicted molar refractivity (Wildman–Crippen MR) is 116 cm³/mol. The molecule has 0 fully saturated rings.